The molecule has 2 amide bonds. The van der Waals surface area contributed by atoms with Gasteiger partial charge >= 0.3 is 5.91 Å². The number of nitrogens with one attached hydrogen (secondary N) is 3. The molecule has 1 aliphatic rings. The Morgan fingerprint density at radius 3 is 2.53 bits per heavy atom. The number of nitrogens with zero attached hydrogens (tertiary/aromatic N) is 1. The van der Waals surface area contributed by atoms with Crippen LogP contribution < -0.4 is 22.0 Å². The number of hydrazine groups is 1. The van der Waals surface area contributed by atoms with Crippen molar-refractivity contribution in [3.8, 4) is 0 Å². The molecule has 0 bridgehead atoms. The lowest BCUT2D eigenvalue weighted by atomic mass is 9.75. The third-order valence-corrected chi connectivity index (χ3v) is 5.49. The number of furan rings is 1. The smallest absolute Gasteiger partial charge is 0.305 e. The van der Waals surface area contributed by atoms with Crippen LogP contribution in [-0.4, -0.2) is 22.6 Å². The highest BCUT2D eigenvalue weighted by atomic mass is 79.9. The molecule has 0 radical (unpaired) electrons. The van der Waals surface area contributed by atoms with Gasteiger partial charge in [-0.2, -0.15) is 5.10 Å². The second kappa shape index (κ2) is 8.57. The molecule has 1 aliphatic carbocycles. The molecule has 158 valence electrons. The van der Waals surface area contributed by atoms with Crippen molar-refractivity contribution in [3.63, 3.8) is 0 Å². The van der Waals surface area contributed by atoms with E-state index in [1.165, 1.54) is 0 Å². The van der Waals surface area contributed by atoms with E-state index in [2.05, 4.69) is 51.2 Å². The summed E-state index contributed by atoms with van der Waals surface area (Å²) >= 11 is 8.15. The molecular weight excluding hydrogens is 470 g/mol. The van der Waals surface area contributed by atoms with Crippen LogP contribution >= 0.6 is 28.1 Å². The number of benzene rings is 1. The first kappa shape index (κ1) is 22.0. The van der Waals surface area contributed by atoms with Crippen LogP contribution in [0.15, 0.2) is 38.3 Å². The predicted octanol–water partition coefficient (Wildman–Crippen LogP) is 2.94. The summed E-state index contributed by atoms with van der Waals surface area (Å²) in [7, 11) is 0. The molecule has 8 nitrogen and oxygen atoms in total. The lowest BCUT2D eigenvalue weighted by molar-refractivity contribution is 0.0828. The van der Waals surface area contributed by atoms with Gasteiger partial charge in [0.25, 0.3) is 5.91 Å². The predicted molar refractivity (Wildman–Crippen MR) is 121 cm³/mol. The van der Waals surface area contributed by atoms with Gasteiger partial charge in [0.05, 0.1) is 11.3 Å². The second-order valence-corrected chi connectivity index (χ2v) is 9.09. The van der Waals surface area contributed by atoms with Crippen molar-refractivity contribution in [2.24, 2.45) is 16.3 Å². The lowest BCUT2D eigenvalue weighted by Gasteiger charge is -2.29. The minimum atomic E-state index is -0.554. The maximum absolute atomic E-state index is 12.7. The minimum Gasteiger partial charge on any atom is -0.455 e. The third-order valence-electron chi connectivity index (χ3n) is 4.71. The summed E-state index contributed by atoms with van der Waals surface area (Å²) in [5.41, 5.74) is 15.3. The van der Waals surface area contributed by atoms with Crippen molar-refractivity contribution in [2.75, 3.05) is 0 Å². The Morgan fingerprint density at radius 2 is 1.87 bits per heavy atom. The van der Waals surface area contributed by atoms with Crippen molar-refractivity contribution >= 4 is 50.8 Å². The van der Waals surface area contributed by atoms with Crippen molar-refractivity contribution < 1.29 is 14.0 Å². The van der Waals surface area contributed by atoms with E-state index in [1.807, 2.05) is 0 Å². The molecule has 0 aliphatic heterocycles. The molecule has 1 aromatic carbocycles. The fraction of sp³-hybridized carbons (Fsp3) is 0.300. The Kier molecular flexibility index (Phi) is 6.27. The molecule has 0 atom stereocenters. The number of hydrogen-bond acceptors (Lipinski definition) is 5. The number of fused-ring (bicyclic) bond motifs is 1. The van der Waals surface area contributed by atoms with Gasteiger partial charge in [0.1, 0.15) is 5.76 Å². The highest BCUT2D eigenvalue weighted by Gasteiger charge is 2.36. The number of halogens is 1. The minimum absolute atomic E-state index is 0.0568. The zero-order valence-corrected chi connectivity index (χ0v) is 19.2. The average molecular weight is 492 g/mol. The molecule has 0 unspecified atom stereocenters. The van der Waals surface area contributed by atoms with Crippen LogP contribution in [0.3, 0.4) is 0 Å². The van der Waals surface area contributed by atoms with Crippen molar-refractivity contribution in [3.05, 3.63) is 56.9 Å². The summed E-state index contributed by atoms with van der Waals surface area (Å²) in [6, 6.07) is 6.91. The van der Waals surface area contributed by atoms with Crippen molar-refractivity contribution in [1.29, 1.82) is 0 Å². The Labute approximate surface area is 187 Å². The van der Waals surface area contributed by atoms with Gasteiger partial charge in [-0.3, -0.25) is 25.9 Å². The molecule has 0 spiro atoms. The summed E-state index contributed by atoms with van der Waals surface area (Å²) in [5.74, 6) is -0.224. The zero-order chi connectivity index (χ0) is 22.1. The number of hydrazone groups is 1. The molecule has 1 aromatic heterocycles. The van der Waals surface area contributed by atoms with E-state index in [0.29, 0.717) is 39.9 Å². The molecular formula is C20H22BrN5O3S. The molecule has 30 heavy (non-hydrogen) atoms. The number of hydrogen-bond donors (Lipinski definition) is 4. The lowest BCUT2D eigenvalue weighted by Crippen LogP contribution is -2.41. The first-order valence-electron chi connectivity index (χ1n) is 9.19. The number of carbonyl (C=O) groups is 2. The first-order valence-corrected chi connectivity index (χ1v) is 10.4. The van der Waals surface area contributed by atoms with Gasteiger partial charge in [-0.15, -0.1) is 0 Å². The molecule has 0 saturated heterocycles. The molecule has 10 heteroatoms. The van der Waals surface area contributed by atoms with E-state index in [1.54, 1.807) is 31.2 Å². The molecule has 2 aromatic rings. The van der Waals surface area contributed by atoms with E-state index < -0.39 is 11.8 Å². The fourth-order valence-corrected chi connectivity index (χ4v) is 3.94. The van der Waals surface area contributed by atoms with Crippen molar-refractivity contribution in [2.45, 2.75) is 33.6 Å². The summed E-state index contributed by atoms with van der Waals surface area (Å²) in [6.07, 6.45) is 1.31. The van der Waals surface area contributed by atoms with Gasteiger partial charge in [0.2, 0.25) is 0 Å². The van der Waals surface area contributed by atoms with E-state index in [-0.39, 0.29) is 16.3 Å². The van der Waals surface area contributed by atoms with Crippen LogP contribution in [0.25, 0.3) is 0 Å². The second-order valence-electron chi connectivity index (χ2n) is 7.79. The zero-order valence-electron chi connectivity index (χ0n) is 16.8. The largest absolute Gasteiger partial charge is 0.455 e. The number of nitrogens with two attached hydrogens (primary N) is 1. The van der Waals surface area contributed by atoms with Crippen molar-refractivity contribution in [1.82, 2.24) is 16.3 Å². The normalized spacial score (nSPS) is 15.9. The SMILES string of the molecule is Cc1c(C(=O)NNC(=O)c2ccccc2Br)oc2c1/C(=N\NC(N)=S)CC(C)(C)C2. The maximum Gasteiger partial charge on any atom is 0.305 e. The van der Waals surface area contributed by atoms with Gasteiger partial charge in [-0.25, -0.2) is 0 Å². The van der Waals surface area contributed by atoms with E-state index >= 15 is 0 Å². The van der Waals surface area contributed by atoms with Crippen LogP contribution in [0.1, 0.15) is 58.1 Å². The van der Waals surface area contributed by atoms with E-state index in [0.717, 1.165) is 5.56 Å². The Hall–Kier alpha value is -2.72. The summed E-state index contributed by atoms with van der Waals surface area (Å²) in [4.78, 5) is 25.0. The molecule has 3 rings (SSSR count). The Bertz CT molecular complexity index is 1060. The van der Waals surface area contributed by atoms with Gasteiger partial charge in [0, 0.05) is 22.0 Å². The number of carbonyl (C=O) groups excluding carboxylic acids is 2. The molecule has 0 saturated carbocycles. The molecule has 0 fully saturated rings. The Balaban J connectivity index is 1.83. The summed E-state index contributed by atoms with van der Waals surface area (Å²) < 4.78 is 6.51. The van der Waals surface area contributed by atoms with Crippen LogP contribution in [0.4, 0.5) is 0 Å². The average Bonchev–Trinajstić information content (AvgIpc) is 2.99. The van der Waals surface area contributed by atoms with E-state index in [4.69, 9.17) is 22.4 Å². The fourth-order valence-electron chi connectivity index (χ4n) is 3.43. The first-order chi connectivity index (χ1) is 14.1. The summed E-state index contributed by atoms with van der Waals surface area (Å²) in [6.45, 7) is 5.95. The summed E-state index contributed by atoms with van der Waals surface area (Å²) in [5, 5.41) is 4.37. The number of thiocarbonyl (C=S) groups is 1. The maximum atomic E-state index is 12.7. The van der Waals surface area contributed by atoms with Crippen LogP contribution in [0.2, 0.25) is 0 Å². The van der Waals surface area contributed by atoms with Gasteiger partial charge in [0.15, 0.2) is 10.9 Å². The quantitative estimate of drug-likeness (QED) is 0.386. The Morgan fingerprint density at radius 1 is 1.20 bits per heavy atom. The van der Waals surface area contributed by atoms with Crippen LogP contribution in [0.5, 0.6) is 0 Å². The highest BCUT2D eigenvalue weighted by molar-refractivity contribution is 9.10. The monoisotopic (exact) mass is 491 g/mol. The third kappa shape index (κ3) is 4.71. The number of amides is 2. The van der Waals surface area contributed by atoms with Gasteiger partial charge < -0.3 is 10.2 Å². The van der Waals surface area contributed by atoms with Gasteiger partial charge in [-0.05, 0) is 59.0 Å². The number of rotatable bonds is 3. The van der Waals surface area contributed by atoms with Crippen LogP contribution in [-0.2, 0) is 6.42 Å². The standard InChI is InChI=1S/C20H22BrN5O3S/c1-10-15-13(23-26-19(22)30)8-20(2,3)9-14(15)29-16(10)18(28)25-24-17(27)11-6-4-5-7-12(11)21/h4-7H,8-9H2,1-3H3,(H,24,27)(H,25,28)(H3,22,26,30)/b23-13-. The molecule has 5 N–H and O–H groups in total. The highest BCUT2D eigenvalue weighted by Crippen LogP contribution is 2.38. The topological polar surface area (TPSA) is 122 Å². The van der Waals surface area contributed by atoms with E-state index in [9.17, 15) is 9.59 Å². The van der Waals surface area contributed by atoms with Gasteiger partial charge in [-0.1, -0.05) is 26.0 Å². The van der Waals surface area contributed by atoms with Crippen LogP contribution in [0, 0.1) is 12.3 Å². The molecule has 1 heterocycles.